The van der Waals surface area contributed by atoms with Crippen molar-refractivity contribution >= 4 is 19.8 Å². The fourth-order valence-corrected chi connectivity index (χ4v) is 6.83. The molecule has 66 heavy (non-hydrogen) atoms. The van der Waals surface area contributed by atoms with Gasteiger partial charge >= 0.3 is 19.8 Å². The average molecular weight is 936 g/mol. The second-order valence-electron chi connectivity index (χ2n) is 15.9. The molecule has 10 heteroatoms. The van der Waals surface area contributed by atoms with Crippen molar-refractivity contribution in [1.82, 2.24) is 0 Å². The Labute approximate surface area is 402 Å². The van der Waals surface area contributed by atoms with Gasteiger partial charge in [0.2, 0.25) is 0 Å². The molecular weight excluding hydrogens is 846 g/mol. The van der Waals surface area contributed by atoms with Crippen LogP contribution in [0.3, 0.4) is 0 Å². The van der Waals surface area contributed by atoms with Gasteiger partial charge in [0.15, 0.2) is 6.10 Å². The van der Waals surface area contributed by atoms with Crippen molar-refractivity contribution in [2.45, 2.75) is 180 Å². The van der Waals surface area contributed by atoms with Crippen LogP contribution in [0, 0.1) is 0 Å². The van der Waals surface area contributed by atoms with Crippen molar-refractivity contribution in [2.24, 2.45) is 5.73 Å². The Kier molecular flexibility index (Phi) is 47.6. The molecule has 372 valence electrons. The molecule has 0 radical (unpaired) electrons. The number of hydrogen-bond acceptors (Lipinski definition) is 8. The molecule has 0 aliphatic heterocycles. The van der Waals surface area contributed by atoms with Gasteiger partial charge in [-0.25, -0.2) is 4.57 Å². The van der Waals surface area contributed by atoms with Crippen LogP contribution in [0.2, 0.25) is 0 Å². The molecule has 0 spiro atoms. The molecule has 0 rings (SSSR count). The third-order valence-electron chi connectivity index (χ3n) is 9.77. The Morgan fingerprint density at radius 2 is 0.833 bits per heavy atom. The first-order chi connectivity index (χ1) is 32.3. The number of esters is 2. The predicted molar refractivity (Wildman–Crippen MR) is 279 cm³/mol. The topological polar surface area (TPSA) is 134 Å². The first-order valence-corrected chi connectivity index (χ1v) is 26.7. The highest BCUT2D eigenvalue weighted by Gasteiger charge is 2.26. The Bertz CT molecular complexity index is 1530. The highest BCUT2D eigenvalue weighted by atomic mass is 31.2. The second-order valence-corrected chi connectivity index (χ2v) is 17.4. The number of allylic oxidation sites excluding steroid dienone is 22. The lowest BCUT2D eigenvalue weighted by Crippen LogP contribution is -2.29. The minimum Gasteiger partial charge on any atom is -0.462 e. The second kappa shape index (κ2) is 50.6. The van der Waals surface area contributed by atoms with Crippen LogP contribution in [0.1, 0.15) is 174 Å². The lowest BCUT2D eigenvalue weighted by atomic mass is 10.1. The van der Waals surface area contributed by atoms with E-state index in [-0.39, 0.29) is 32.6 Å². The number of hydrogen-bond donors (Lipinski definition) is 2. The molecule has 0 fully saturated rings. The standard InChI is InChI=1S/C56H90NO8P/c1-3-5-7-9-11-13-15-17-18-19-20-21-22-23-24-25-26-27-28-29-30-31-32-33-34-35-36-37-39-41-43-45-47-49-56(59)65-54(53-64-66(60,61)63-51-50-57)52-62-55(58)48-46-44-42-40-38-16-14-12-10-8-6-4-2/h5,7,11-14,17-18,20-21,23-24,26-27,29-30,32-33,35-36,39,41,54H,3-4,6,8-10,15-16,19,22,25,28,31,34,37-38,40,42-53,57H2,1-2H3,(H,60,61)/b7-5-,13-11-,14-12-,18-17-,21-20-,24-23-,27-26-,30-29-,33-32-,36-35-,41-39-. The van der Waals surface area contributed by atoms with Crippen molar-refractivity contribution in [3.63, 3.8) is 0 Å². The smallest absolute Gasteiger partial charge is 0.462 e. The minimum atomic E-state index is -4.40. The summed E-state index contributed by atoms with van der Waals surface area (Å²) in [5.74, 6) is -0.904. The predicted octanol–water partition coefficient (Wildman–Crippen LogP) is 15.4. The Morgan fingerprint density at radius 3 is 1.29 bits per heavy atom. The van der Waals surface area contributed by atoms with Crippen molar-refractivity contribution in [3.05, 3.63) is 134 Å². The highest BCUT2D eigenvalue weighted by molar-refractivity contribution is 7.47. The average Bonchev–Trinajstić information content (AvgIpc) is 3.31. The van der Waals surface area contributed by atoms with E-state index in [0.717, 1.165) is 116 Å². The van der Waals surface area contributed by atoms with Gasteiger partial charge in [0.25, 0.3) is 0 Å². The number of unbranched alkanes of at least 4 members (excludes halogenated alkanes) is 10. The normalized spacial score (nSPS) is 14.3. The van der Waals surface area contributed by atoms with Gasteiger partial charge < -0.3 is 20.1 Å². The van der Waals surface area contributed by atoms with Crippen LogP contribution >= 0.6 is 7.82 Å². The molecule has 0 bridgehead atoms. The largest absolute Gasteiger partial charge is 0.472 e. The molecule has 2 unspecified atom stereocenters. The maximum Gasteiger partial charge on any atom is 0.472 e. The zero-order valence-corrected chi connectivity index (χ0v) is 42.0. The number of phosphoric ester groups is 1. The molecule has 0 saturated carbocycles. The van der Waals surface area contributed by atoms with Gasteiger partial charge in [-0.1, -0.05) is 180 Å². The maximum atomic E-state index is 12.6. The minimum absolute atomic E-state index is 0.0376. The van der Waals surface area contributed by atoms with E-state index < -0.39 is 32.5 Å². The molecule has 0 aromatic carbocycles. The molecule has 0 aliphatic rings. The summed E-state index contributed by atoms with van der Waals surface area (Å²) < 4.78 is 32.8. The first kappa shape index (κ1) is 62.1. The number of carbonyl (C=O) groups excluding carboxylic acids is 2. The Morgan fingerprint density at radius 1 is 0.470 bits per heavy atom. The van der Waals surface area contributed by atoms with Gasteiger partial charge in [0.05, 0.1) is 13.2 Å². The zero-order valence-electron chi connectivity index (χ0n) is 41.1. The molecule has 0 aromatic rings. The van der Waals surface area contributed by atoms with Crippen LogP contribution in [0.25, 0.3) is 0 Å². The summed E-state index contributed by atoms with van der Waals surface area (Å²) in [7, 11) is -4.40. The van der Waals surface area contributed by atoms with Crippen LogP contribution in [0.5, 0.6) is 0 Å². The van der Waals surface area contributed by atoms with E-state index in [0.29, 0.717) is 12.8 Å². The van der Waals surface area contributed by atoms with E-state index in [1.165, 1.54) is 19.3 Å². The molecule has 9 nitrogen and oxygen atoms in total. The van der Waals surface area contributed by atoms with E-state index in [2.05, 4.69) is 148 Å². The number of carbonyl (C=O) groups is 2. The van der Waals surface area contributed by atoms with Gasteiger partial charge in [0.1, 0.15) is 6.61 Å². The molecular formula is C56H90NO8P. The van der Waals surface area contributed by atoms with Gasteiger partial charge in [-0.05, 0) is 116 Å². The van der Waals surface area contributed by atoms with E-state index in [4.69, 9.17) is 24.3 Å². The molecule has 0 amide bonds. The van der Waals surface area contributed by atoms with Crippen molar-refractivity contribution in [3.8, 4) is 0 Å². The molecule has 0 saturated heterocycles. The molecule has 3 N–H and O–H groups in total. The van der Waals surface area contributed by atoms with Crippen LogP contribution in [0.4, 0.5) is 0 Å². The van der Waals surface area contributed by atoms with Crippen LogP contribution in [-0.2, 0) is 32.7 Å². The Hall–Kier alpha value is -3.85. The molecule has 0 aliphatic carbocycles. The van der Waals surface area contributed by atoms with Crippen LogP contribution in [-0.4, -0.2) is 49.3 Å². The van der Waals surface area contributed by atoms with Crippen LogP contribution < -0.4 is 5.73 Å². The van der Waals surface area contributed by atoms with Gasteiger partial charge in [-0.3, -0.25) is 18.6 Å². The molecule has 0 heterocycles. The van der Waals surface area contributed by atoms with E-state index >= 15 is 0 Å². The third kappa shape index (κ3) is 49.6. The van der Waals surface area contributed by atoms with Gasteiger partial charge in [-0.15, -0.1) is 0 Å². The summed E-state index contributed by atoms with van der Waals surface area (Å²) >= 11 is 0. The summed E-state index contributed by atoms with van der Waals surface area (Å²) in [4.78, 5) is 34.9. The highest BCUT2D eigenvalue weighted by Crippen LogP contribution is 2.43. The SMILES string of the molecule is CC/C=C\C/C=C\C/C=C\C/C=C\C/C=C\C/C=C\C/C=C\C/C=C\C/C=C\C/C=C\CCCCC(=O)OC(COC(=O)CCCCCCC/C=C\CCCCC)COP(=O)(O)OCCN. The van der Waals surface area contributed by atoms with Gasteiger partial charge in [-0.2, -0.15) is 0 Å². The summed E-state index contributed by atoms with van der Waals surface area (Å²) in [6.07, 6.45) is 70.7. The van der Waals surface area contributed by atoms with Gasteiger partial charge in [0, 0.05) is 19.4 Å². The zero-order chi connectivity index (χ0) is 48.1. The van der Waals surface area contributed by atoms with Crippen molar-refractivity contribution < 1.29 is 37.6 Å². The number of phosphoric acid groups is 1. The van der Waals surface area contributed by atoms with E-state index in [9.17, 15) is 19.0 Å². The summed E-state index contributed by atoms with van der Waals surface area (Å²) in [5.41, 5.74) is 5.35. The van der Waals surface area contributed by atoms with E-state index in [1.807, 2.05) is 0 Å². The van der Waals surface area contributed by atoms with E-state index in [1.54, 1.807) is 0 Å². The maximum absolute atomic E-state index is 12.6. The monoisotopic (exact) mass is 936 g/mol. The molecule has 0 aromatic heterocycles. The number of nitrogens with two attached hydrogens (primary N) is 1. The van der Waals surface area contributed by atoms with Crippen LogP contribution in [0.15, 0.2) is 134 Å². The summed E-state index contributed by atoms with van der Waals surface area (Å²) in [6, 6.07) is 0. The summed E-state index contributed by atoms with van der Waals surface area (Å²) in [6.45, 7) is 3.50. The Balaban J connectivity index is 4.17. The van der Waals surface area contributed by atoms with Crippen molar-refractivity contribution in [2.75, 3.05) is 26.4 Å². The fourth-order valence-electron chi connectivity index (χ4n) is 6.07. The lowest BCUT2D eigenvalue weighted by molar-refractivity contribution is -0.161. The fraction of sp³-hybridized carbons (Fsp3) is 0.571. The third-order valence-corrected chi connectivity index (χ3v) is 10.8. The first-order valence-electron chi connectivity index (χ1n) is 25.2. The quantitative estimate of drug-likeness (QED) is 0.0265. The number of rotatable bonds is 45. The summed E-state index contributed by atoms with van der Waals surface area (Å²) in [5, 5.41) is 0. The lowest BCUT2D eigenvalue weighted by Gasteiger charge is -2.19. The number of ether oxygens (including phenoxy) is 2. The molecule has 2 atom stereocenters. The van der Waals surface area contributed by atoms with Crippen molar-refractivity contribution in [1.29, 1.82) is 0 Å².